The van der Waals surface area contributed by atoms with Crippen LogP contribution in [0, 0.1) is 11.8 Å². The summed E-state index contributed by atoms with van der Waals surface area (Å²) in [6.07, 6.45) is 5.05. The molecule has 4 aliphatic rings. The van der Waals surface area contributed by atoms with Crippen molar-refractivity contribution >= 4 is 38.5 Å². The quantitative estimate of drug-likeness (QED) is 0.160. The van der Waals surface area contributed by atoms with E-state index in [9.17, 15) is 0 Å². The summed E-state index contributed by atoms with van der Waals surface area (Å²) in [5.41, 5.74) is 19.5. The van der Waals surface area contributed by atoms with Gasteiger partial charge in [-0.2, -0.15) is 0 Å². The Kier molecular flexibility index (Phi) is 7.87. The predicted octanol–water partition coefficient (Wildman–Crippen LogP) is 16.1. The van der Waals surface area contributed by atoms with Crippen LogP contribution in [0.5, 0.6) is 0 Å². The molecule has 0 saturated carbocycles. The second kappa shape index (κ2) is 13.2. The summed E-state index contributed by atoms with van der Waals surface area (Å²) in [6, 6.07) is 66.1. The maximum absolute atomic E-state index is 2.79. The van der Waals surface area contributed by atoms with Crippen LogP contribution in [0.4, 0.5) is 11.4 Å². The zero-order valence-electron chi connectivity index (χ0n) is 36.5. The number of allylic oxidation sites excluding steroid dienone is 4. The summed E-state index contributed by atoms with van der Waals surface area (Å²) < 4.78 is 0. The Hall–Kier alpha value is -6.70. The van der Waals surface area contributed by atoms with Gasteiger partial charge < -0.3 is 4.90 Å². The molecular formula is C61H51N. The lowest BCUT2D eigenvalue weighted by Gasteiger charge is -2.62. The molecule has 0 saturated heterocycles. The Morgan fingerprint density at radius 2 is 1.06 bits per heavy atom. The van der Waals surface area contributed by atoms with E-state index in [1.54, 1.807) is 16.7 Å². The van der Waals surface area contributed by atoms with Gasteiger partial charge in [0.15, 0.2) is 0 Å². The van der Waals surface area contributed by atoms with Gasteiger partial charge in [0.25, 0.3) is 0 Å². The van der Waals surface area contributed by atoms with Crippen molar-refractivity contribution in [3.63, 3.8) is 0 Å². The standard InChI is InChI=1S/C61H51N/c1-38-36-37-60(5)50-31-15-16-32-52(50)62(61(6)57-54(39(2)53(38)58(60)61)48-25-13-14-30-49(48)59(57,3)4)51-33-19-27-45-46(51)28-18-29-47(45)56-44(41-22-11-8-12-23-41)35-34-42-24-17-26-43(55(42)56)40-20-9-7-10-21-40/h7-39H,1-6H3. The van der Waals surface area contributed by atoms with Gasteiger partial charge in [0.2, 0.25) is 0 Å². The third-order valence-corrected chi connectivity index (χ3v) is 15.5. The van der Waals surface area contributed by atoms with Crippen molar-refractivity contribution in [1.82, 2.24) is 0 Å². The Bertz CT molecular complexity index is 3270. The van der Waals surface area contributed by atoms with Gasteiger partial charge in [-0.05, 0) is 115 Å². The summed E-state index contributed by atoms with van der Waals surface area (Å²) in [5.74, 6) is 0.619. The number of hydrogen-bond donors (Lipinski definition) is 0. The average molecular weight is 798 g/mol. The van der Waals surface area contributed by atoms with E-state index in [-0.39, 0.29) is 10.8 Å². The second-order valence-electron chi connectivity index (χ2n) is 19.1. The van der Waals surface area contributed by atoms with E-state index in [4.69, 9.17) is 0 Å². The van der Waals surface area contributed by atoms with Crippen molar-refractivity contribution in [1.29, 1.82) is 0 Å². The summed E-state index contributed by atoms with van der Waals surface area (Å²) in [7, 11) is 0. The first-order valence-corrected chi connectivity index (χ1v) is 22.5. The number of para-hydroxylation sites is 1. The molecule has 4 unspecified atom stereocenters. The Balaban J connectivity index is 1.20. The minimum absolute atomic E-state index is 0.194. The van der Waals surface area contributed by atoms with Gasteiger partial charge in [-0.1, -0.05) is 209 Å². The second-order valence-corrected chi connectivity index (χ2v) is 19.1. The predicted molar refractivity (Wildman–Crippen MR) is 263 cm³/mol. The van der Waals surface area contributed by atoms with Gasteiger partial charge in [0.1, 0.15) is 0 Å². The van der Waals surface area contributed by atoms with Crippen molar-refractivity contribution in [3.05, 3.63) is 221 Å². The maximum Gasteiger partial charge on any atom is 0.0876 e. The first-order valence-electron chi connectivity index (χ1n) is 22.5. The van der Waals surface area contributed by atoms with Crippen LogP contribution in [0.2, 0.25) is 0 Å². The highest BCUT2D eigenvalue weighted by Crippen LogP contribution is 2.69. The molecule has 3 aliphatic carbocycles. The fourth-order valence-electron chi connectivity index (χ4n) is 13.2. The van der Waals surface area contributed by atoms with Crippen molar-refractivity contribution in [3.8, 4) is 33.4 Å². The van der Waals surface area contributed by atoms with E-state index >= 15 is 0 Å². The fourth-order valence-corrected chi connectivity index (χ4v) is 13.2. The van der Waals surface area contributed by atoms with Crippen molar-refractivity contribution in [2.75, 3.05) is 4.90 Å². The minimum Gasteiger partial charge on any atom is -0.327 e. The Labute approximate surface area is 366 Å². The molecule has 8 aromatic rings. The van der Waals surface area contributed by atoms with Gasteiger partial charge in [-0.3, -0.25) is 0 Å². The molecule has 300 valence electrons. The van der Waals surface area contributed by atoms with Crippen LogP contribution in [0.25, 0.3) is 60.5 Å². The number of rotatable bonds is 4. The molecule has 0 spiro atoms. The molecule has 1 heterocycles. The first-order chi connectivity index (χ1) is 30.1. The van der Waals surface area contributed by atoms with Crippen LogP contribution in [-0.2, 0) is 10.8 Å². The maximum atomic E-state index is 2.79. The lowest BCUT2D eigenvalue weighted by atomic mass is 9.51. The topological polar surface area (TPSA) is 3.24 Å². The van der Waals surface area contributed by atoms with Crippen LogP contribution in [0.15, 0.2) is 205 Å². The highest BCUT2D eigenvalue weighted by atomic mass is 15.2. The van der Waals surface area contributed by atoms with Crippen LogP contribution in [0.3, 0.4) is 0 Å². The molecule has 0 radical (unpaired) electrons. The smallest absolute Gasteiger partial charge is 0.0876 e. The monoisotopic (exact) mass is 797 g/mol. The van der Waals surface area contributed by atoms with Gasteiger partial charge in [0.05, 0.1) is 11.2 Å². The van der Waals surface area contributed by atoms with Gasteiger partial charge in [-0.25, -0.2) is 0 Å². The lowest BCUT2D eigenvalue weighted by molar-refractivity contribution is 0.410. The third kappa shape index (κ3) is 4.80. The number of fused-ring (bicyclic) bond motifs is 7. The molecule has 1 heteroatoms. The first kappa shape index (κ1) is 37.1. The van der Waals surface area contributed by atoms with Crippen LogP contribution >= 0.6 is 0 Å². The molecule has 1 nitrogen and oxygen atoms in total. The molecular weight excluding hydrogens is 747 g/mol. The molecule has 0 aromatic heterocycles. The molecule has 0 bridgehead atoms. The number of benzene rings is 8. The van der Waals surface area contributed by atoms with Crippen LogP contribution in [0.1, 0.15) is 58.2 Å². The SMILES string of the molecule is CC1C=CC2(C)C3=C1C(C)C1=C(C(C)(C)c4ccccc41)C3(C)N(c1cccc3c(-c4c(-c5ccccc5)ccc5cccc(-c6ccccc6)c45)cccc13)c1ccccc12. The van der Waals surface area contributed by atoms with E-state index < -0.39 is 5.54 Å². The van der Waals surface area contributed by atoms with Crippen molar-refractivity contribution < 1.29 is 0 Å². The molecule has 4 atom stereocenters. The molecule has 8 aromatic carbocycles. The van der Waals surface area contributed by atoms with E-state index in [2.05, 4.69) is 235 Å². The summed E-state index contributed by atoms with van der Waals surface area (Å²) >= 11 is 0. The van der Waals surface area contributed by atoms with Gasteiger partial charge in [-0.15, -0.1) is 0 Å². The zero-order valence-corrected chi connectivity index (χ0v) is 36.5. The van der Waals surface area contributed by atoms with E-state index in [1.807, 2.05) is 0 Å². The van der Waals surface area contributed by atoms with E-state index in [1.165, 1.54) is 88.6 Å². The van der Waals surface area contributed by atoms with Gasteiger partial charge >= 0.3 is 0 Å². The molecule has 12 rings (SSSR count). The lowest BCUT2D eigenvalue weighted by Crippen LogP contribution is -2.60. The Morgan fingerprint density at radius 3 is 1.84 bits per heavy atom. The normalized spacial score (nSPS) is 23.0. The average Bonchev–Trinajstić information content (AvgIpc) is 3.56. The van der Waals surface area contributed by atoms with E-state index in [0.29, 0.717) is 11.8 Å². The molecule has 0 amide bonds. The molecule has 0 N–H and O–H groups in total. The van der Waals surface area contributed by atoms with Crippen LogP contribution < -0.4 is 4.90 Å². The van der Waals surface area contributed by atoms with Crippen LogP contribution in [-0.4, -0.2) is 5.54 Å². The highest BCUT2D eigenvalue weighted by molar-refractivity contribution is 6.17. The van der Waals surface area contributed by atoms with Crippen molar-refractivity contribution in [2.45, 2.75) is 57.9 Å². The molecule has 1 aliphatic heterocycles. The zero-order chi connectivity index (χ0) is 42.1. The number of anilines is 2. The number of nitrogens with zero attached hydrogens (tertiary/aromatic N) is 1. The Morgan fingerprint density at radius 1 is 0.468 bits per heavy atom. The van der Waals surface area contributed by atoms with Crippen molar-refractivity contribution in [2.24, 2.45) is 11.8 Å². The molecule has 62 heavy (non-hydrogen) atoms. The van der Waals surface area contributed by atoms with Gasteiger partial charge in [0, 0.05) is 27.8 Å². The summed E-state index contributed by atoms with van der Waals surface area (Å²) in [6.45, 7) is 15.0. The highest BCUT2D eigenvalue weighted by Gasteiger charge is 2.62. The number of hydrogen-bond acceptors (Lipinski definition) is 1. The third-order valence-electron chi connectivity index (χ3n) is 15.5. The summed E-state index contributed by atoms with van der Waals surface area (Å²) in [4.78, 5) is 2.79. The minimum atomic E-state index is -0.471. The van der Waals surface area contributed by atoms with E-state index in [0.717, 1.165) is 0 Å². The largest absolute Gasteiger partial charge is 0.327 e. The summed E-state index contributed by atoms with van der Waals surface area (Å²) in [5, 5.41) is 5.03. The fraction of sp³-hybridized carbons (Fsp3) is 0.180. The molecule has 0 fully saturated rings.